The maximum Gasteiger partial charge on any atom is 0.0359 e. The maximum atomic E-state index is 4.18. The lowest BCUT2D eigenvalue weighted by Gasteiger charge is -2.25. The molecule has 130 valence electrons. The number of benzene rings is 1. The van der Waals surface area contributed by atoms with Gasteiger partial charge in [-0.3, -0.25) is 4.98 Å². The molecule has 2 aromatic rings. The summed E-state index contributed by atoms with van der Waals surface area (Å²) in [5.41, 5.74) is 7.98. The van der Waals surface area contributed by atoms with Crippen molar-refractivity contribution in [3.8, 4) is 0 Å². The summed E-state index contributed by atoms with van der Waals surface area (Å²) in [6.07, 6.45) is 16.3. The Morgan fingerprint density at radius 2 is 1.92 bits per heavy atom. The van der Waals surface area contributed by atoms with E-state index < -0.39 is 0 Å². The quantitative estimate of drug-likeness (QED) is 0.756. The fourth-order valence-electron chi connectivity index (χ4n) is 3.65. The molecule has 0 spiro atoms. The fourth-order valence-corrected chi connectivity index (χ4v) is 3.65. The average Bonchev–Trinajstić information content (AvgIpc) is 2.69. The molecule has 0 radical (unpaired) electrons. The largest absolute Gasteiger partial charge is 0.377 e. The van der Waals surface area contributed by atoms with Crippen LogP contribution in [0.1, 0.15) is 29.0 Å². The van der Waals surface area contributed by atoms with Crippen molar-refractivity contribution in [2.24, 2.45) is 0 Å². The van der Waals surface area contributed by atoms with Gasteiger partial charge in [0.05, 0.1) is 0 Å². The minimum Gasteiger partial charge on any atom is -0.377 e. The van der Waals surface area contributed by atoms with Gasteiger partial charge in [-0.15, -0.1) is 0 Å². The standard InChI is InChI=1S/C24H24N2/c1-18-4-3-5-21(14-18)24-16-22(19-6-10-25-11-7-19)15-23(17-24)20-8-12-26(2)13-9-20/h3-12,14,16-17,22H,13,15H2,1-2H3. The summed E-state index contributed by atoms with van der Waals surface area (Å²) in [5, 5.41) is 0. The van der Waals surface area contributed by atoms with Crippen LogP contribution >= 0.6 is 0 Å². The maximum absolute atomic E-state index is 4.18. The predicted molar refractivity (Wildman–Crippen MR) is 109 cm³/mol. The van der Waals surface area contributed by atoms with Crippen LogP contribution in [0, 0.1) is 6.92 Å². The Balaban J connectivity index is 1.75. The summed E-state index contributed by atoms with van der Waals surface area (Å²) in [7, 11) is 2.11. The molecule has 1 unspecified atom stereocenters. The van der Waals surface area contributed by atoms with Gasteiger partial charge < -0.3 is 4.90 Å². The molecular weight excluding hydrogens is 316 g/mol. The highest BCUT2D eigenvalue weighted by Crippen LogP contribution is 2.38. The van der Waals surface area contributed by atoms with Crippen LogP contribution in [0.2, 0.25) is 0 Å². The molecule has 0 amide bonds. The Morgan fingerprint density at radius 1 is 1.08 bits per heavy atom. The van der Waals surface area contributed by atoms with Crippen molar-refractivity contribution < 1.29 is 0 Å². The Bertz CT molecular complexity index is 916. The number of nitrogens with zero attached hydrogens (tertiary/aromatic N) is 2. The molecule has 0 bridgehead atoms. The molecule has 0 fully saturated rings. The van der Waals surface area contributed by atoms with Gasteiger partial charge in [0.2, 0.25) is 0 Å². The normalized spacial score (nSPS) is 19.7. The van der Waals surface area contributed by atoms with Crippen LogP contribution in [0.4, 0.5) is 0 Å². The van der Waals surface area contributed by atoms with Crippen molar-refractivity contribution in [2.45, 2.75) is 19.3 Å². The SMILES string of the molecule is Cc1cccc(C2=CC(c3ccncc3)CC(C3=CCN(C)C=C3)=C2)c1. The molecule has 1 aromatic carbocycles. The van der Waals surface area contributed by atoms with E-state index in [9.17, 15) is 0 Å². The highest BCUT2D eigenvalue weighted by molar-refractivity contribution is 5.78. The first-order chi connectivity index (χ1) is 12.7. The molecule has 1 atom stereocenters. The molecule has 0 saturated carbocycles. The van der Waals surface area contributed by atoms with Crippen molar-refractivity contribution in [3.63, 3.8) is 0 Å². The number of hydrogen-bond donors (Lipinski definition) is 0. The van der Waals surface area contributed by atoms with Gasteiger partial charge >= 0.3 is 0 Å². The van der Waals surface area contributed by atoms with Crippen molar-refractivity contribution in [1.82, 2.24) is 9.88 Å². The first-order valence-corrected chi connectivity index (χ1v) is 9.17. The number of aromatic nitrogens is 1. The second kappa shape index (κ2) is 7.17. The van der Waals surface area contributed by atoms with E-state index in [0.717, 1.165) is 13.0 Å². The van der Waals surface area contributed by atoms with Gasteiger partial charge in [0.1, 0.15) is 0 Å². The lowest BCUT2D eigenvalue weighted by Crippen LogP contribution is -2.15. The molecule has 4 rings (SSSR count). The number of pyridine rings is 1. The second-order valence-corrected chi connectivity index (χ2v) is 7.17. The topological polar surface area (TPSA) is 16.1 Å². The van der Waals surface area contributed by atoms with E-state index in [1.165, 1.54) is 33.4 Å². The molecule has 1 aromatic heterocycles. The third-order valence-corrected chi connectivity index (χ3v) is 5.11. The molecule has 2 heterocycles. The van der Waals surface area contributed by atoms with Gasteiger partial charge in [0.15, 0.2) is 0 Å². The zero-order valence-electron chi connectivity index (χ0n) is 15.4. The first kappa shape index (κ1) is 16.6. The van der Waals surface area contributed by atoms with Crippen molar-refractivity contribution >= 4 is 5.57 Å². The summed E-state index contributed by atoms with van der Waals surface area (Å²) < 4.78 is 0. The highest BCUT2D eigenvalue weighted by Gasteiger charge is 2.20. The van der Waals surface area contributed by atoms with Gasteiger partial charge in [-0.25, -0.2) is 0 Å². The fraction of sp³-hybridized carbons (Fsp3) is 0.208. The van der Waals surface area contributed by atoms with Gasteiger partial charge in [-0.05, 0) is 65.6 Å². The molecular formula is C24H24N2. The molecule has 2 nitrogen and oxygen atoms in total. The van der Waals surface area contributed by atoms with Crippen molar-refractivity contribution in [1.29, 1.82) is 0 Å². The van der Waals surface area contributed by atoms with Crippen LogP contribution in [0.5, 0.6) is 0 Å². The number of aryl methyl sites for hydroxylation is 1. The summed E-state index contributed by atoms with van der Waals surface area (Å²) in [6, 6.07) is 13.0. The lowest BCUT2D eigenvalue weighted by molar-refractivity contribution is 0.502. The van der Waals surface area contributed by atoms with E-state index in [2.05, 4.69) is 90.8 Å². The first-order valence-electron chi connectivity index (χ1n) is 9.17. The van der Waals surface area contributed by atoms with E-state index in [1.54, 1.807) is 0 Å². The van der Waals surface area contributed by atoms with Crippen molar-refractivity contribution in [2.75, 3.05) is 13.6 Å². The highest BCUT2D eigenvalue weighted by atomic mass is 15.1. The Hall–Kier alpha value is -2.87. The van der Waals surface area contributed by atoms with Crippen LogP contribution in [-0.2, 0) is 0 Å². The molecule has 1 aliphatic carbocycles. The zero-order valence-corrected chi connectivity index (χ0v) is 15.4. The van der Waals surface area contributed by atoms with Crippen LogP contribution in [0.25, 0.3) is 5.57 Å². The van der Waals surface area contributed by atoms with Gasteiger partial charge in [0, 0.05) is 31.9 Å². The molecule has 0 saturated heterocycles. The van der Waals surface area contributed by atoms with E-state index >= 15 is 0 Å². The molecule has 1 aliphatic heterocycles. The average molecular weight is 340 g/mol. The zero-order chi connectivity index (χ0) is 17.9. The van der Waals surface area contributed by atoms with Gasteiger partial charge in [-0.1, -0.05) is 48.1 Å². The number of allylic oxidation sites excluding steroid dienone is 6. The smallest absolute Gasteiger partial charge is 0.0359 e. The summed E-state index contributed by atoms with van der Waals surface area (Å²) in [4.78, 5) is 6.38. The van der Waals surface area contributed by atoms with Crippen molar-refractivity contribution in [3.05, 3.63) is 107 Å². The van der Waals surface area contributed by atoms with E-state index in [-0.39, 0.29) is 0 Å². The third-order valence-electron chi connectivity index (χ3n) is 5.11. The second-order valence-electron chi connectivity index (χ2n) is 7.17. The van der Waals surface area contributed by atoms with Gasteiger partial charge in [0.25, 0.3) is 0 Å². The van der Waals surface area contributed by atoms with E-state index in [0.29, 0.717) is 5.92 Å². The summed E-state index contributed by atoms with van der Waals surface area (Å²) in [5.74, 6) is 0.377. The minimum atomic E-state index is 0.377. The molecule has 2 aliphatic rings. The number of likely N-dealkylation sites (N-methyl/N-ethyl adjacent to an activating group) is 1. The van der Waals surface area contributed by atoms with Crippen LogP contribution in [0.15, 0.2) is 90.4 Å². The van der Waals surface area contributed by atoms with E-state index in [4.69, 9.17) is 0 Å². The Labute approximate surface area is 155 Å². The third kappa shape index (κ3) is 3.55. The Kier molecular flexibility index (Phi) is 4.57. The Morgan fingerprint density at radius 3 is 2.65 bits per heavy atom. The number of hydrogen-bond acceptors (Lipinski definition) is 2. The molecule has 2 heteroatoms. The lowest BCUT2D eigenvalue weighted by atomic mass is 9.81. The van der Waals surface area contributed by atoms with Gasteiger partial charge in [-0.2, -0.15) is 0 Å². The van der Waals surface area contributed by atoms with Crippen LogP contribution in [-0.4, -0.2) is 23.5 Å². The number of rotatable bonds is 3. The predicted octanol–water partition coefficient (Wildman–Crippen LogP) is 5.27. The summed E-state index contributed by atoms with van der Waals surface area (Å²) >= 11 is 0. The summed E-state index contributed by atoms with van der Waals surface area (Å²) in [6.45, 7) is 3.12. The molecule has 26 heavy (non-hydrogen) atoms. The molecule has 0 N–H and O–H groups in total. The van der Waals surface area contributed by atoms with Crippen LogP contribution < -0.4 is 0 Å². The monoisotopic (exact) mass is 340 g/mol. The van der Waals surface area contributed by atoms with E-state index in [1.807, 2.05) is 12.4 Å². The van der Waals surface area contributed by atoms with Crippen LogP contribution in [0.3, 0.4) is 0 Å². The minimum absolute atomic E-state index is 0.377.